The Morgan fingerprint density at radius 1 is 1.26 bits per heavy atom. The summed E-state index contributed by atoms with van der Waals surface area (Å²) in [5.74, 6) is -1.80. The van der Waals surface area contributed by atoms with Crippen LogP contribution in [0.5, 0.6) is 0 Å². The number of aromatic nitrogens is 1. The molecule has 27 heavy (non-hydrogen) atoms. The molecule has 0 fully saturated rings. The van der Waals surface area contributed by atoms with Crippen molar-refractivity contribution in [3.63, 3.8) is 0 Å². The number of hydrogen-bond acceptors (Lipinski definition) is 6. The van der Waals surface area contributed by atoms with Crippen LogP contribution < -0.4 is 10.7 Å². The van der Waals surface area contributed by atoms with Crippen molar-refractivity contribution < 1.29 is 18.7 Å². The second-order valence-corrected chi connectivity index (χ2v) is 6.21. The molecule has 0 aliphatic rings. The summed E-state index contributed by atoms with van der Waals surface area (Å²) in [6, 6.07) is 9.24. The van der Waals surface area contributed by atoms with Gasteiger partial charge in [0, 0.05) is 12.3 Å². The molecule has 0 spiro atoms. The van der Waals surface area contributed by atoms with Gasteiger partial charge in [0.25, 0.3) is 5.91 Å². The van der Waals surface area contributed by atoms with E-state index in [1.54, 1.807) is 30.3 Å². The first-order valence-electron chi connectivity index (χ1n) is 8.02. The van der Waals surface area contributed by atoms with Gasteiger partial charge in [-0.25, -0.2) is 9.78 Å². The first-order chi connectivity index (χ1) is 12.8. The number of nitrogens with zero attached hydrogens (tertiary/aromatic N) is 1. The number of halogens is 1. The zero-order chi connectivity index (χ0) is 19.6. The predicted molar refractivity (Wildman–Crippen MR) is 100.0 cm³/mol. The van der Waals surface area contributed by atoms with Gasteiger partial charge in [-0.3, -0.25) is 9.59 Å². The van der Waals surface area contributed by atoms with E-state index in [9.17, 15) is 14.4 Å². The van der Waals surface area contributed by atoms with Gasteiger partial charge in [-0.05, 0) is 38.1 Å². The van der Waals surface area contributed by atoms with Crippen molar-refractivity contribution in [1.82, 2.24) is 4.98 Å². The number of aryl methyl sites for hydroxylation is 1. The molecule has 3 rings (SSSR count). The van der Waals surface area contributed by atoms with Crippen LogP contribution in [0.4, 0.5) is 5.69 Å². The van der Waals surface area contributed by atoms with Gasteiger partial charge in [0.2, 0.25) is 5.76 Å². The number of anilines is 1. The Balaban J connectivity index is 1.75. The van der Waals surface area contributed by atoms with Crippen molar-refractivity contribution >= 4 is 40.1 Å². The summed E-state index contributed by atoms with van der Waals surface area (Å²) in [4.78, 5) is 40.5. The molecular weight excluding hydrogens is 372 g/mol. The summed E-state index contributed by atoms with van der Waals surface area (Å²) in [5.41, 5.74) is 1.08. The highest BCUT2D eigenvalue weighted by atomic mass is 35.5. The van der Waals surface area contributed by atoms with E-state index in [0.29, 0.717) is 11.1 Å². The lowest BCUT2D eigenvalue weighted by Gasteiger charge is -2.13. The fraction of sp³-hybridized carbons (Fsp3) is 0.158. The number of carbonyl (C=O) groups is 2. The van der Waals surface area contributed by atoms with Crippen LogP contribution in [0.15, 0.2) is 51.8 Å². The maximum Gasteiger partial charge on any atom is 0.375 e. The average Bonchev–Trinajstić information content (AvgIpc) is 2.63. The number of benzene rings is 1. The number of hydrogen-bond donors (Lipinski definition) is 1. The second-order valence-electron chi connectivity index (χ2n) is 5.85. The first-order valence-corrected chi connectivity index (χ1v) is 8.40. The van der Waals surface area contributed by atoms with Gasteiger partial charge in [-0.15, -0.1) is 0 Å². The molecule has 0 saturated carbocycles. The van der Waals surface area contributed by atoms with Crippen LogP contribution in [0.1, 0.15) is 23.0 Å². The Hall–Kier alpha value is -3.19. The third kappa shape index (κ3) is 4.15. The Bertz CT molecular complexity index is 1090. The van der Waals surface area contributed by atoms with E-state index in [1.807, 2.05) is 6.92 Å². The monoisotopic (exact) mass is 386 g/mol. The van der Waals surface area contributed by atoms with Gasteiger partial charge in [-0.1, -0.05) is 23.2 Å². The highest BCUT2D eigenvalue weighted by molar-refractivity contribution is 6.32. The Labute approximate surface area is 158 Å². The summed E-state index contributed by atoms with van der Waals surface area (Å²) in [5, 5.41) is 2.99. The molecule has 0 bridgehead atoms. The van der Waals surface area contributed by atoms with E-state index in [4.69, 9.17) is 20.8 Å². The van der Waals surface area contributed by atoms with Crippen molar-refractivity contribution in [2.75, 3.05) is 5.32 Å². The van der Waals surface area contributed by atoms with Crippen LogP contribution in [-0.4, -0.2) is 23.0 Å². The summed E-state index contributed by atoms with van der Waals surface area (Å²) < 4.78 is 10.5. The second kappa shape index (κ2) is 7.59. The van der Waals surface area contributed by atoms with Gasteiger partial charge in [-0.2, -0.15) is 0 Å². The number of carbonyl (C=O) groups excluding carboxylic acids is 2. The van der Waals surface area contributed by atoms with E-state index >= 15 is 0 Å². The molecule has 3 aromatic rings. The number of ether oxygens (including phenoxy) is 1. The Kier molecular flexibility index (Phi) is 5.23. The maximum atomic E-state index is 12.3. The zero-order valence-electron chi connectivity index (χ0n) is 14.5. The van der Waals surface area contributed by atoms with E-state index in [1.165, 1.54) is 13.1 Å². The lowest BCUT2D eigenvalue weighted by Crippen LogP contribution is -2.30. The summed E-state index contributed by atoms with van der Waals surface area (Å²) in [6.07, 6.45) is 0.331. The van der Waals surface area contributed by atoms with E-state index in [2.05, 4.69) is 10.3 Å². The van der Waals surface area contributed by atoms with Gasteiger partial charge in [0.05, 0.1) is 11.1 Å². The molecule has 1 amide bonds. The number of nitrogens with one attached hydrogen (secondary N) is 1. The molecule has 1 atom stereocenters. The van der Waals surface area contributed by atoms with Crippen LogP contribution in [0.3, 0.4) is 0 Å². The van der Waals surface area contributed by atoms with Gasteiger partial charge in [0.1, 0.15) is 5.58 Å². The minimum absolute atomic E-state index is 0.111. The van der Waals surface area contributed by atoms with Crippen LogP contribution in [0.25, 0.3) is 11.0 Å². The molecule has 2 heterocycles. The van der Waals surface area contributed by atoms with Crippen molar-refractivity contribution in [1.29, 1.82) is 0 Å². The number of fused-ring (bicyclic) bond motifs is 1. The third-order valence-corrected chi connectivity index (χ3v) is 4.06. The van der Waals surface area contributed by atoms with E-state index < -0.39 is 18.0 Å². The minimum Gasteiger partial charge on any atom is -0.449 e. The molecule has 8 heteroatoms. The van der Waals surface area contributed by atoms with Crippen LogP contribution in [-0.2, 0) is 9.53 Å². The molecule has 0 unspecified atom stereocenters. The largest absolute Gasteiger partial charge is 0.449 e. The molecule has 2 aromatic heterocycles. The van der Waals surface area contributed by atoms with Crippen molar-refractivity contribution in [2.45, 2.75) is 20.0 Å². The van der Waals surface area contributed by atoms with Crippen molar-refractivity contribution in [2.24, 2.45) is 0 Å². The Morgan fingerprint density at radius 3 is 2.78 bits per heavy atom. The predicted octanol–water partition coefficient (Wildman–Crippen LogP) is 3.33. The van der Waals surface area contributed by atoms with E-state index in [0.717, 1.165) is 11.6 Å². The van der Waals surface area contributed by atoms with Gasteiger partial charge >= 0.3 is 5.97 Å². The SMILES string of the molecule is Cc1ccc2oc(C(=O)O[C@@H](C)C(=O)Nc3cccnc3Cl)cc(=O)c2c1. The molecule has 1 N–H and O–H groups in total. The van der Waals surface area contributed by atoms with Crippen LogP contribution in [0.2, 0.25) is 5.15 Å². The molecule has 7 nitrogen and oxygen atoms in total. The number of pyridine rings is 1. The lowest BCUT2D eigenvalue weighted by molar-refractivity contribution is -0.123. The fourth-order valence-electron chi connectivity index (χ4n) is 2.36. The fourth-order valence-corrected chi connectivity index (χ4v) is 2.52. The molecule has 1 aromatic carbocycles. The standard InChI is InChI=1S/C19H15ClN2O5/c1-10-5-6-15-12(8-10)14(23)9-16(27-15)19(25)26-11(2)18(24)22-13-4-3-7-21-17(13)20/h3-9,11H,1-2H3,(H,22,24)/t11-/m0/s1. The number of amides is 1. The molecule has 138 valence electrons. The molecular formula is C19H15ClN2O5. The van der Waals surface area contributed by atoms with Crippen LogP contribution >= 0.6 is 11.6 Å². The third-order valence-electron chi connectivity index (χ3n) is 3.75. The Morgan fingerprint density at radius 2 is 2.04 bits per heavy atom. The topological polar surface area (TPSA) is 98.5 Å². The summed E-state index contributed by atoms with van der Waals surface area (Å²) in [7, 11) is 0. The smallest absolute Gasteiger partial charge is 0.375 e. The van der Waals surface area contributed by atoms with E-state index in [-0.39, 0.29) is 21.9 Å². The lowest BCUT2D eigenvalue weighted by atomic mass is 10.1. The molecule has 0 aliphatic heterocycles. The van der Waals surface area contributed by atoms with Crippen LogP contribution in [0, 0.1) is 6.92 Å². The number of esters is 1. The molecule has 0 radical (unpaired) electrons. The zero-order valence-corrected chi connectivity index (χ0v) is 15.2. The number of rotatable bonds is 4. The highest BCUT2D eigenvalue weighted by Gasteiger charge is 2.22. The quantitative estimate of drug-likeness (QED) is 0.545. The van der Waals surface area contributed by atoms with Gasteiger partial charge in [0.15, 0.2) is 16.7 Å². The normalized spacial score (nSPS) is 11.8. The van der Waals surface area contributed by atoms with Crippen molar-refractivity contribution in [3.8, 4) is 0 Å². The summed E-state index contributed by atoms with van der Waals surface area (Å²) in [6.45, 7) is 3.23. The van der Waals surface area contributed by atoms with Gasteiger partial charge < -0.3 is 14.5 Å². The summed E-state index contributed by atoms with van der Waals surface area (Å²) >= 11 is 5.88. The minimum atomic E-state index is -1.15. The highest BCUT2D eigenvalue weighted by Crippen LogP contribution is 2.18. The maximum absolute atomic E-state index is 12.3. The average molecular weight is 387 g/mol. The molecule has 0 aliphatic carbocycles. The molecule has 0 saturated heterocycles. The van der Waals surface area contributed by atoms with Crippen molar-refractivity contribution in [3.05, 3.63) is 69.3 Å². The first kappa shape index (κ1) is 18.6.